The van der Waals surface area contributed by atoms with Gasteiger partial charge in [0.2, 0.25) is 11.8 Å². The largest absolute Gasteiger partial charge is 0.390 e. The van der Waals surface area contributed by atoms with Gasteiger partial charge < -0.3 is 20.5 Å². The molecule has 152 valence electrons. The molecule has 0 radical (unpaired) electrons. The molecule has 7 heteroatoms. The Balaban J connectivity index is 4.25. The van der Waals surface area contributed by atoms with Gasteiger partial charge in [0.25, 0.3) is 0 Å². The van der Waals surface area contributed by atoms with E-state index >= 15 is 0 Å². The Morgan fingerprint density at radius 3 is 2.19 bits per heavy atom. The van der Waals surface area contributed by atoms with Crippen molar-refractivity contribution in [3.63, 3.8) is 0 Å². The van der Waals surface area contributed by atoms with Crippen LogP contribution in [-0.2, 0) is 19.1 Å². The van der Waals surface area contributed by atoms with Crippen LogP contribution in [0.15, 0.2) is 0 Å². The standard InChI is InChI=1S/C19H36N2O5/c1-7-8-16(23)21-15(14(2)22)13-17(24)20-11-9-19(5,6)26-12-10-18(3,4)25/h15,25H,7-13H2,1-6H3,(H,20,24)(H,21,23). The number of hydrogen-bond acceptors (Lipinski definition) is 5. The van der Waals surface area contributed by atoms with Gasteiger partial charge in [0.1, 0.15) is 0 Å². The lowest BCUT2D eigenvalue weighted by atomic mass is 10.0. The summed E-state index contributed by atoms with van der Waals surface area (Å²) in [6, 6.07) is -0.787. The molecule has 0 aromatic carbocycles. The second-order valence-electron chi connectivity index (χ2n) is 7.96. The van der Waals surface area contributed by atoms with E-state index in [9.17, 15) is 19.5 Å². The summed E-state index contributed by atoms with van der Waals surface area (Å²) in [5.41, 5.74) is -1.21. The van der Waals surface area contributed by atoms with Gasteiger partial charge in [0, 0.05) is 13.0 Å². The minimum atomic E-state index is -0.787. The lowest BCUT2D eigenvalue weighted by molar-refractivity contribution is -0.129. The van der Waals surface area contributed by atoms with Gasteiger partial charge in [0.05, 0.1) is 30.3 Å². The van der Waals surface area contributed by atoms with Crippen molar-refractivity contribution < 1.29 is 24.2 Å². The lowest BCUT2D eigenvalue weighted by Gasteiger charge is -2.27. The number of ketones is 1. The maximum absolute atomic E-state index is 12.0. The third-order valence-corrected chi connectivity index (χ3v) is 3.95. The molecule has 0 spiro atoms. The summed E-state index contributed by atoms with van der Waals surface area (Å²) in [5.74, 6) is -0.740. The summed E-state index contributed by atoms with van der Waals surface area (Å²) in [4.78, 5) is 35.3. The predicted molar refractivity (Wildman–Crippen MR) is 101 cm³/mol. The number of carbonyl (C=O) groups is 3. The molecule has 7 nitrogen and oxygen atoms in total. The second kappa shape index (κ2) is 11.3. The molecule has 0 aliphatic rings. The van der Waals surface area contributed by atoms with E-state index in [1.54, 1.807) is 13.8 Å². The highest BCUT2D eigenvalue weighted by Crippen LogP contribution is 2.16. The van der Waals surface area contributed by atoms with Crippen LogP contribution in [0.5, 0.6) is 0 Å². The summed E-state index contributed by atoms with van der Waals surface area (Å²) in [6.07, 6.45) is 2.08. The topological polar surface area (TPSA) is 105 Å². The quantitative estimate of drug-likeness (QED) is 0.456. The maximum Gasteiger partial charge on any atom is 0.222 e. The first-order valence-corrected chi connectivity index (χ1v) is 9.29. The van der Waals surface area contributed by atoms with Gasteiger partial charge >= 0.3 is 0 Å². The van der Waals surface area contributed by atoms with Gasteiger partial charge in [-0.05, 0) is 53.9 Å². The SMILES string of the molecule is CCCC(=O)NC(CC(=O)NCCC(C)(C)OCCC(C)(C)O)C(C)=O. The molecule has 0 aliphatic carbocycles. The van der Waals surface area contributed by atoms with E-state index in [2.05, 4.69) is 10.6 Å². The van der Waals surface area contributed by atoms with Crippen molar-refractivity contribution in [1.29, 1.82) is 0 Å². The van der Waals surface area contributed by atoms with Crippen molar-refractivity contribution in [2.45, 2.75) is 90.9 Å². The van der Waals surface area contributed by atoms with Crippen LogP contribution < -0.4 is 10.6 Å². The normalized spacial score (nSPS) is 13.2. The molecule has 0 heterocycles. The molecule has 26 heavy (non-hydrogen) atoms. The molecule has 1 unspecified atom stereocenters. The second-order valence-corrected chi connectivity index (χ2v) is 7.96. The molecular formula is C19H36N2O5. The van der Waals surface area contributed by atoms with E-state index in [-0.39, 0.29) is 24.0 Å². The first-order chi connectivity index (χ1) is 11.9. The number of ether oxygens (including phenoxy) is 1. The molecule has 0 fully saturated rings. The first-order valence-electron chi connectivity index (χ1n) is 9.29. The predicted octanol–water partition coefficient (Wildman–Crippen LogP) is 1.71. The molecule has 0 aromatic heterocycles. The highest BCUT2D eigenvalue weighted by molar-refractivity contribution is 5.91. The van der Waals surface area contributed by atoms with Crippen LogP contribution in [0.25, 0.3) is 0 Å². The third-order valence-electron chi connectivity index (χ3n) is 3.95. The van der Waals surface area contributed by atoms with Gasteiger partial charge in [0.15, 0.2) is 5.78 Å². The molecule has 0 aromatic rings. The van der Waals surface area contributed by atoms with Gasteiger partial charge in [-0.2, -0.15) is 0 Å². The number of hydrogen-bond donors (Lipinski definition) is 3. The Labute approximate surface area is 157 Å². The number of Topliss-reactive ketones (excluding diaryl/α,β-unsaturated/α-hetero) is 1. The Kier molecular flexibility index (Phi) is 10.6. The Morgan fingerprint density at radius 1 is 1.08 bits per heavy atom. The summed E-state index contributed by atoms with van der Waals surface area (Å²) in [7, 11) is 0. The van der Waals surface area contributed by atoms with Crippen LogP contribution in [-0.4, -0.2) is 53.1 Å². The smallest absolute Gasteiger partial charge is 0.222 e. The fourth-order valence-corrected chi connectivity index (χ4v) is 2.20. The average molecular weight is 373 g/mol. The zero-order chi connectivity index (χ0) is 20.4. The van der Waals surface area contributed by atoms with Crippen LogP contribution in [0, 0.1) is 0 Å². The van der Waals surface area contributed by atoms with Crippen LogP contribution >= 0.6 is 0 Å². The van der Waals surface area contributed by atoms with Crippen LogP contribution in [0.1, 0.15) is 73.6 Å². The Morgan fingerprint density at radius 2 is 1.69 bits per heavy atom. The van der Waals surface area contributed by atoms with E-state index in [1.165, 1.54) is 6.92 Å². The molecule has 2 amide bonds. The van der Waals surface area contributed by atoms with Gasteiger partial charge in [-0.1, -0.05) is 6.92 Å². The van der Waals surface area contributed by atoms with Crippen molar-refractivity contribution in [3.05, 3.63) is 0 Å². The van der Waals surface area contributed by atoms with Gasteiger partial charge in [-0.3, -0.25) is 14.4 Å². The van der Waals surface area contributed by atoms with Gasteiger partial charge in [-0.15, -0.1) is 0 Å². The Hall–Kier alpha value is -1.47. The van der Waals surface area contributed by atoms with Crippen molar-refractivity contribution in [3.8, 4) is 0 Å². The van der Waals surface area contributed by atoms with Crippen LogP contribution in [0.4, 0.5) is 0 Å². The van der Waals surface area contributed by atoms with Crippen molar-refractivity contribution in [2.75, 3.05) is 13.2 Å². The van der Waals surface area contributed by atoms with E-state index in [1.807, 2.05) is 20.8 Å². The zero-order valence-corrected chi connectivity index (χ0v) is 17.1. The number of carbonyl (C=O) groups excluding carboxylic acids is 3. The van der Waals surface area contributed by atoms with Gasteiger partial charge in [-0.25, -0.2) is 0 Å². The molecule has 0 saturated carbocycles. The number of rotatable bonds is 13. The molecule has 1 atom stereocenters. The molecule has 0 rings (SSSR count). The van der Waals surface area contributed by atoms with E-state index in [4.69, 9.17) is 4.74 Å². The molecule has 0 saturated heterocycles. The minimum Gasteiger partial charge on any atom is -0.390 e. The number of aliphatic hydroxyl groups is 1. The Bertz CT molecular complexity index is 469. The maximum atomic E-state index is 12.0. The third kappa shape index (κ3) is 12.8. The molecular weight excluding hydrogens is 336 g/mol. The number of nitrogens with one attached hydrogen (secondary N) is 2. The lowest BCUT2D eigenvalue weighted by Crippen LogP contribution is -2.43. The highest BCUT2D eigenvalue weighted by atomic mass is 16.5. The number of amides is 2. The highest BCUT2D eigenvalue weighted by Gasteiger charge is 2.23. The van der Waals surface area contributed by atoms with E-state index in [0.717, 1.165) is 0 Å². The fraction of sp³-hybridized carbons (Fsp3) is 0.842. The van der Waals surface area contributed by atoms with Crippen molar-refractivity contribution in [2.24, 2.45) is 0 Å². The van der Waals surface area contributed by atoms with E-state index < -0.39 is 17.2 Å². The summed E-state index contributed by atoms with van der Waals surface area (Å²) in [6.45, 7) is 11.4. The summed E-state index contributed by atoms with van der Waals surface area (Å²) < 4.78 is 5.76. The molecule has 0 bridgehead atoms. The average Bonchev–Trinajstić information content (AvgIpc) is 2.44. The van der Waals surface area contributed by atoms with Crippen LogP contribution in [0.2, 0.25) is 0 Å². The van der Waals surface area contributed by atoms with Crippen molar-refractivity contribution in [1.82, 2.24) is 10.6 Å². The monoisotopic (exact) mass is 372 g/mol. The van der Waals surface area contributed by atoms with E-state index in [0.29, 0.717) is 38.8 Å². The van der Waals surface area contributed by atoms with Crippen molar-refractivity contribution >= 4 is 17.6 Å². The fourth-order valence-electron chi connectivity index (χ4n) is 2.20. The summed E-state index contributed by atoms with van der Waals surface area (Å²) >= 11 is 0. The summed E-state index contributed by atoms with van der Waals surface area (Å²) in [5, 5.41) is 15.1. The zero-order valence-electron chi connectivity index (χ0n) is 17.1. The molecule has 0 aliphatic heterocycles. The molecule has 3 N–H and O–H groups in total. The minimum absolute atomic E-state index is 0.0647. The first kappa shape index (κ1) is 24.5. The van der Waals surface area contributed by atoms with Crippen LogP contribution in [0.3, 0.4) is 0 Å².